The van der Waals surface area contributed by atoms with E-state index in [4.69, 9.17) is 4.98 Å². The molecule has 5 heteroatoms. The number of H-pyrrole nitrogens is 1. The van der Waals surface area contributed by atoms with E-state index in [2.05, 4.69) is 43.4 Å². The average molecular weight is 356 g/mol. The molecule has 0 radical (unpaired) electrons. The Labute approximate surface area is 133 Å². The zero-order chi connectivity index (χ0) is 14.2. The van der Waals surface area contributed by atoms with Gasteiger partial charge in [-0.25, -0.2) is 4.98 Å². The molecule has 0 amide bonds. The van der Waals surface area contributed by atoms with Crippen molar-refractivity contribution < 1.29 is 0 Å². The van der Waals surface area contributed by atoms with Gasteiger partial charge in [0.25, 0.3) is 0 Å². The number of pyridine rings is 1. The predicted octanol–water partition coefficient (Wildman–Crippen LogP) is 5.12. The van der Waals surface area contributed by atoms with Gasteiger partial charge in [0.2, 0.25) is 0 Å². The minimum Gasteiger partial charge on any atom is -0.360 e. The lowest BCUT2D eigenvalue weighted by Gasteiger charge is -1.96. The molecular formula is C16H10BrN3S. The van der Waals surface area contributed by atoms with Crippen molar-refractivity contribution in [3.63, 3.8) is 0 Å². The molecule has 4 rings (SSSR count). The first-order chi connectivity index (χ1) is 10.3. The van der Waals surface area contributed by atoms with E-state index in [1.165, 1.54) is 5.39 Å². The third-order valence-corrected chi connectivity index (χ3v) is 4.67. The maximum absolute atomic E-state index is 4.72. The summed E-state index contributed by atoms with van der Waals surface area (Å²) >= 11 is 5.14. The van der Waals surface area contributed by atoms with Gasteiger partial charge >= 0.3 is 0 Å². The number of nitrogens with zero attached hydrogens (tertiary/aromatic N) is 2. The van der Waals surface area contributed by atoms with E-state index in [0.29, 0.717) is 0 Å². The minimum atomic E-state index is 0.912. The van der Waals surface area contributed by atoms with Crippen LogP contribution in [0.4, 0.5) is 0 Å². The van der Waals surface area contributed by atoms with Gasteiger partial charge in [-0.1, -0.05) is 22.0 Å². The van der Waals surface area contributed by atoms with Gasteiger partial charge < -0.3 is 4.98 Å². The molecule has 0 saturated carbocycles. The molecular weight excluding hydrogens is 346 g/mol. The Kier molecular flexibility index (Phi) is 3.09. The topological polar surface area (TPSA) is 41.6 Å². The third-order valence-electron chi connectivity index (χ3n) is 3.31. The number of aromatic amines is 1. The normalized spacial score (nSPS) is 11.1. The van der Waals surface area contributed by atoms with Crippen molar-refractivity contribution >= 4 is 38.2 Å². The summed E-state index contributed by atoms with van der Waals surface area (Å²) in [5, 5.41) is 4.19. The standard InChI is InChI=1S/C16H10BrN3S/c17-10-4-5-13-11(7-10)12(8-19-13)15-9-21-16(20-15)14-3-1-2-6-18-14/h1-9,19H. The van der Waals surface area contributed by atoms with E-state index in [-0.39, 0.29) is 0 Å². The molecule has 3 aromatic heterocycles. The Bertz CT molecular complexity index is 912. The number of hydrogen-bond donors (Lipinski definition) is 1. The second-order valence-electron chi connectivity index (χ2n) is 4.65. The van der Waals surface area contributed by atoms with E-state index >= 15 is 0 Å². The second-order valence-corrected chi connectivity index (χ2v) is 6.42. The smallest absolute Gasteiger partial charge is 0.142 e. The number of nitrogens with one attached hydrogen (secondary N) is 1. The molecule has 0 spiro atoms. The number of aromatic nitrogens is 3. The summed E-state index contributed by atoms with van der Waals surface area (Å²) in [5.74, 6) is 0. The first-order valence-electron chi connectivity index (χ1n) is 6.45. The first kappa shape index (κ1) is 12.7. The van der Waals surface area contributed by atoms with Gasteiger partial charge in [-0.15, -0.1) is 11.3 Å². The molecule has 21 heavy (non-hydrogen) atoms. The van der Waals surface area contributed by atoms with E-state index in [0.717, 1.165) is 31.9 Å². The summed E-state index contributed by atoms with van der Waals surface area (Å²) in [7, 11) is 0. The number of hydrogen-bond acceptors (Lipinski definition) is 3. The van der Waals surface area contributed by atoms with Gasteiger partial charge in [0, 0.05) is 38.7 Å². The van der Waals surface area contributed by atoms with Crippen LogP contribution in [0, 0.1) is 0 Å². The van der Waals surface area contributed by atoms with Gasteiger partial charge in [0.05, 0.1) is 11.4 Å². The Hall–Kier alpha value is -1.98. The monoisotopic (exact) mass is 355 g/mol. The highest BCUT2D eigenvalue weighted by atomic mass is 79.9. The summed E-state index contributed by atoms with van der Waals surface area (Å²) < 4.78 is 1.07. The zero-order valence-corrected chi connectivity index (χ0v) is 13.3. The van der Waals surface area contributed by atoms with Gasteiger partial charge in [-0.3, -0.25) is 4.98 Å². The zero-order valence-electron chi connectivity index (χ0n) is 10.9. The van der Waals surface area contributed by atoms with Gasteiger partial charge in [-0.2, -0.15) is 0 Å². The molecule has 3 heterocycles. The first-order valence-corrected chi connectivity index (χ1v) is 8.12. The molecule has 0 aliphatic heterocycles. The van der Waals surface area contributed by atoms with Crippen LogP contribution < -0.4 is 0 Å². The Balaban J connectivity index is 1.83. The van der Waals surface area contributed by atoms with Crippen LogP contribution in [0.25, 0.3) is 32.9 Å². The van der Waals surface area contributed by atoms with Crippen molar-refractivity contribution in [2.75, 3.05) is 0 Å². The van der Waals surface area contributed by atoms with Crippen LogP contribution in [0.2, 0.25) is 0 Å². The Morgan fingerprint density at radius 2 is 2.05 bits per heavy atom. The van der Waals surface area contributed by atoms with Crippen LogP contribution in [0.1, 0.15) is 0 Å². The molecule has 0 saturated heterocycles. The van der Waals surface area contributed by atoms with E-state index in [1.807, 2.05) is 30.5 Å². The summed E-state index contributed by atoms with van der Waals surface area (Å²) in [5.41, 5.74) is 4.12. The minimum absolute atomic E-state index is 0.912. The highest BCUT2D eigenvalue weighted by Gasteiger charge is 2.11. The van der Waals surface area contributed by atoms with Crippen molar-refractivity contribution in [1.29, 1.82) is 0 Å². The molecule has 102 valence electrons. The van der Waals surface area contributed by atoms with Crippen LogP contribution in [0.3, 0.4) is 0 Å². The third kappa shape index (κ3) is 2.28. The fraction of sp³-hybridized carbons (Fsp3) is 0. The number of thiazole rings is 1. The van der Waals surface area contributed by atoms with Gasteiger partial charge in [0.15, 0.2) is 0 Å². The van der Waals surface area contributed by atoms with E-state index in [1.54, 1.807) is 17.5 Å². The van der Waals surface area contributed by atoms with Gasteiger partial charge in [-0.05, 0) is 30.3 Å². The van der Waals surface area contributed by atoms with Crippen molar-refractivity contribution in [2.24, 2.45) is 0 Å². The van der Waals surface area contributed by atoms with E-state index < -0.39 is 0 Å². The number of rotatable bonds is 2. The molecule has 0 unspecified atom stereocenters. The summed E-state index contributed by atoms with van der Waals surface area (Å²) in [6.45, 7) is 0. The maximum atomic E-state index is 4.72. The van der Waals surface area contributed by atoms with Crippen LogP contribution in [0.15, 0.2) is 58.6 Å². The SMILES string of the molecule is Brc1ccc2[nH]cc(-c3csc(-c4ccccn4)n3)c2c1. The van der Waals surface area contributed by atoms with Crippen LogP contribution in [0.5, 0.6) is 0 Å². The summed E-state index contributed by atoms with van der Waals surface area (Å²) in [6, 6.07) is 12.1. The largest absolute Gasteiger partial charge is 0.360 e. The highest BCUT2D eigenvalue weighted by Crippen LogP contribution is 2.33. The van der Waals surface area contributed by atoms with Crippen molar-refractivity contribution in [2.45, 2.75) is 0 Å². The average Bonchev–Trinajstić information content (AvgIpc) is 3.14. The predicted molar refractivity (Wildman–Crippen MR) is 90.3 cm³/mol. The maximum Gasteiger partial charge on any atom is 0.142 e. The molecule has 0 atom stereocenters. The second kappa shape index (κ2) is 5.09. The Morgan fingerprint density at radius 3 is 2.90 bits per heavy atom. The molecule has 0 aliphatic carbocycles. The molecule has 0 aliphatic rings. The van der Waals surface area contributed by atoms with Crippen molar-refractivity contribution in [3.8, 4) is 22.0 Å². The summed E-state index contributed by atoms with van der Waals surface area (Å²) in [4.78, 5) is 12.4. The molecule has 0 bridgehead atoms. The van der Waals surface area contributed by atoms with E-state index in [9.17, 15) is 0 Å². The van der Waals surface area contributed by atoms with Crippen molar-refractivity contribution in [1.82, 2.24) is 15.0 Å². The van der Waals surface area contributed by atoms with Crippen LogP contribution in [-0.4, -0.2) is 15.0 Å². The molecule has 4 aromatic rings. The number of benzene rings is 1. The van der Waals surface area contributed by atoms with Crippen molar-refractivity contribution in [3.05, 3.63) is 58.6 Å². The van der Waals surface area contributed by atoms with Gasteiger partial charge in [0.1, 0.15) is 5.01 Å². The molecule has 1 aromatic carbocycles. The van der Waals surface area contributed by atoms with Crippen LogP contribution in [-0.2, 0) is 0 Å². The fourth-order valence-corrected chi connectivity index (χ4v) is 3.47. The molecule has 3 nitrogen and oxygen atoms in total. The summed E-state index contributed by atoms with van der Waals surface area (Å²) in [6.07, 6.45) is 3.80. The number of halogens is 1. The number of fused-ring (bicyclic) bond motifs is 1. The lowest BCUT2D eigenvalue weighted by molar-refractivity contribution is 1.29. The molecule has 0 fully saturated rings. The fourth-order valence-electron chi connectivity index (χ4n) is 2.31. The lowest BCUT2D eigenvalue weighted by atomic mass is 10.1. The lowest BCUT2D eigenvalue weighted by Crippen LogP contribution is -1.81. The molecule has 1 N–H and O–H groups in total. The highest BCUT2D eigenvalue weighted by molar-refractivity contribution is 9.10. The Morgan fingerprint density at radius 1 is 1.10 bits per heavy atom. The quantitative estimate of drug-likeness (QED) is 0.542. The van der Waals surface area contributed by atoms with Crippen LogP contribution >= 0.6 is 27.3 Å².